The number of carboxylic acid groups (broad SMARTS) is 1. The van der Waals surface area contributed by atoms with Crippen LogP contribution in [0.4, 0.5) is 0 Å². The summed E-state index contributed by atoms with van der Waals surface area (Å²) in [5, 5.41) is 10.5. The second kappa shape index (κ2) is 5.57. The molecule has 4 nitrogen and oxygen atoms in total. The fourth-order valence-corrected chi connectivity index (χ4v) is 0.682. The number of hydrogen-bond donors (Lipinski definition) is 2. The van der Waals surface area contributed by atoms with Crippen LogP contribution in [-0.4, -0.2) is 23.5 Å². The first-order chi connectivity index (χ1) is 5.52. The number of rotatable bonds is 5. The number of carbonyl (C=O) groups excluding carboxylic acids is 1. The summed E-state index contributed by atoms with van der Waals surface area (Å²) in [5.74, 6) is -0.723. The van der Waals surface area contributed by atoms with Crippen LogP contribution in [0.5, 0.6) is 0 Å². The first-order valence-electron chi connectivity index (χ1n) is 4.01. The molecule has 0 spiro atoms. The van der Waals surface area contributed by atoms with Crippen molar-refractivity contribution in [2.45, 2.75) is 26.7 Å². The molecule has 0 aromatic heterocycles. The Bertz CT molecular complexity index is 166. The van der Waals surface area contributed by atoms with Crippen LogP contribution >= 0.6 is 0 Å². The molecule has 12 heavy (non-hydrogen) atoms. The predicted molar refractivity (Wildman–Crippen MR) is 44.7 cm³/mol. The van der Waals surface area contributed by atoms with E-state index in [4.69, 9.17) is 5.11 Å². The Labute approximate surface area is 72.0 Å². The molecule has 0 bridgehead atoms. The molecule has 0 heterocycles. The monoisotopic (exact) mass is 173 g/mol. The molecule has 0 aliphatic heterocycles. The maximum Gasteiger partial charge on any atom is 0.322 e. The average molecular weight is 173 g/mol. The maximum atomic E-state index is 10.9. The van der Waals surface area contributed by atoms with Gasteiger partial charge in [-0.05, 0) is 12.3 Å². The SMILES string of the molecule is CC(C)CCC(=O)NCC(=O)O. The molecule has 0 fully saturated rings. The standard InChI is InChI=1S/C8H15NO3/c1-6(2)3-4-7(10)9-5-8(11)12/h6H,3-5H2,1-2H3,(H,9,10)(H,11,12). The normalized spacial score (nSPS) is 9.92. The summed E-state index contributed by atoms with van der Waals surface area (Å²) < 4.78 is 0. The van der Waals surface area contributed by atoms with Gasteiger partial charge in [-0.25, -0.2) is 0 Å². The molecule has 70 valence electrons. The zero-order chi connectivity index (χ0) is 9.56. The Morgan fingerprint density at radius 1 is 1.42 bits per heavy atom. The molecule has 0 atom stereocenters. The van der Waals surface area contributed by atoms with Crippen LogP contribution in [0, 0.1) is 5.92 Å². The number of carbonyl (C=O) groups is 2. The summed E-state index contributed by atoms with van der Waals surface area (Å²) in [4.78, 5) is 20.9. The zero-order valence-electron chi connectivity index (χ0n) is 7.46. The van der Waals surface area contributed by atoms with Crippen molar-refractivity contribution in [3.63, 3.8) is 0 Å². The van der Waals surface area contributed by atoms with Crippen LogP contribution in [0.15, 0.2) is 0 Å². The predicted octanol–water partition coefficient (Wildman–Crippen LogP) is 0.623. The van der Waals surface area contributed by atoms with Gasteiger partial charge >= 0.3 is 5.97 Å². The van der Waals surface area contributed by atoms with Gasteiger partial charge in [0.15, 0.2) is 0 Å². The Balaban J connectivity index is 3.40. The van der Waals surface area contributed by atoms with E-state index in [0.717, 1.165) is 6.42 Å². The minimum atomic E-state index is -1.01. The fourth-order valence-electron chi connectivity index (χ4n) is 0.682. The van der Waals surface area contributed by atoms with E-state index in [0.29, 0.717) is 12.3 Å². The van der Waals surface area contributed by atoms with Gasteiger partial charge in [-0.3, -0.25) is 9.59 Å². The van der Waals surface area contributed by atoms with Crippen LogP contribution in [0.2, 0.25) is 0 Å². The van der Waals surface area contributed by atoms with Crippen molar-refractivity contribution in [1.29, 1.82) is 0 Å². The van der Waals surface area contributed by atoms with Crippen LogP contribution < -0.4 is 5.32 Å². The highest BCUT2D eigenvalue weighted by molar-refractivity contribution is 5.80. The topological polar surface area (TPSA) is 66.4 Å². The minimum absolute atomic E-state index is 0.189. The summed E-state index contributed by atoms with van der Waals surface area (Å²) in [7, 11) is 0. The minimum Gasteiger partial charge on any atom is -0.480 e. The van der Waals surface area contributed by atoms with E-state index in [9.17, 15) is 9.59 Å². The Hall–Kier alpha value is -1.06. The van der Waals surface area contributed by atoms with Gasteiger partial charge in [0.2, 0.25) is 5.91 Å². The maximum absolute atomic E-state index is 10.9. The van der Waals surface area contributed by atoms with Gasteiger partial charge in [-0.2, -0.15) is 0 Å². The summed E-state index contributed by atoms with van der Waals surface area (Å²) in [6.45, 7) is 3.76. The highest BCUT2D eigenvalue weighted by Gasteiger charge is 2.04. The van der Waals surface area contributed by atoms with Gasteiger partial charge in [0, 0.05) is 6.42 Å². The molecule has 0 radical (unpaired) electrons. The summed E-state index contributed by atoms with van der Waals surface area (Å²) >= 11 is 0. The van der Waals surface area contributed by atoms with Crippen LogP contribution in [0.25, 0.3) is 0 Å². The van der Waals surface area contributed by atoms with Crippen molar-refractivity contribution in [1.82, 2.24) is 5.32 Å². The lowest BCUT2D eigenvalue weighted by Crippen LogP contribution is -2.29. The van der Waals surface area contributed by atoms with Gasteiger partial charge in [-0.1, -0.05) is 13.8 Å². The summed E-state index contributed by atoms with van der Waals surface area (Å²) in [5.41, 5.74) is 0. The smallest absolute Gasteiger partial charge is 0.322 e. The molecule has 4 heteroatoms. The van der Waals surface area contributed by atoms with E-state index in [1.807, 2.05) is 13.8 Å². The molecule has 0 rings (SSSR count). The average Bonchev–Trinajstić information content (AvgIpc) is 1.96. The van der Waals surface area contributed by atoms with Crippen molar-refractivity contribution >= 4 is 11.9 Å². The van der Waals surface area contributed by atoms with E-state index >= 15 is 0 Å². The number of hydrogen-bond acceptors (Lipinski definition) is 2. The molecule has 1 amide bonds. The lowest BCUT2D eigenvalue weighted by atomic mass is 10.1. The van der Waals surface area contributed by atoms with Crippen LogP contribution in [0.1, 0.15) is 26.7 Å². The largest absolute Gasteiger partial charge is 0.480 e. The van der Waals surface area contributed by atoms with Crippen LogP contribution in [0.3, 0.4) is 0 Å². The van der Waals surface area contributed by atoms with E-state index in [1.165, 1.54) is 0 Å². The molecule has 0 aliphatic carbocycles. The molecule has 0 aromatic carbocycles. The van der Waals surface area contributed by atoms with E-state index in [2.05, 4.69) is 5.32 Å². The Morgan fingerprint density at radius 2 is 2.00 bits per heavy atom. The highest BCUT2D eigenvalue weighted by Crippen LogP contribution is 2.02. The van der Waals surface area contributed by atoms with Gasteiger partial charge in [0.05, 0.1) is 0 Å². The lowest BCUT2D eigenvalue weighted by molar-refractivity contribution is -0.137. The van der Waals surface area contributed by atoms with E-state index < -0.39 is 5.97 Å². The summed E-state index contributed by atoms with van der Waals surface area (Å²) in [6, 6.07) is 0. The molecular weight excluding hydrogens is 158 g/mol. The quantitative estimate of drug-likeness (QED) is 0.640. The number of nitrogens with one attached hydrogen (secondary N) is 1. The molecular formula is C8H15NO3. The van der Waals surface area contributed by atoms with Crippen molar-refractivity contribution in [2.75, 3.05) is 6.54 Å². The zero-order valence-corrected chi connectivity index (χ0v) is 7.46. The van der Waals surface area contributed by atoms with Crippen LogP contribution in [-0.2, 0) is 9.59 Å². The van der Waals surface area contributed by atoms with Gasteiger partial charge in [0.25, 0.3) is 0 Å². The number of carboxylic acids is 1. The second-order valence-electron chi connectivity index (χ2n) is 3.10. The lowest BCUT2D eigenvalue weighted by Gasteiger charge is -2.03. The van der Waals surface area contributed by atoms with Crippen molar-refractivity contribution in [3.8, 4) is 0 Å². The number of amides is 1. The molecule has 0 unspecified atom stereocenters. The molecule has 0 saturated carbocycles. The molecule has 0 aliphatic rings. The first-order valence-corrected chi connectivity index (χ1v) is 4.01. The third-order valence-corrected chi connectivity index (χ3v) is 1.39. The Morgan fingerprint density at radius 3 is 2.42 bits per heavy atom. The summed E-state index contributed by atoms with van der Waals surface area (Å²) in [6.07, 6.45) is 1.20. The third kappa shape index (κ3) is 7.05. The number of aliphatic carboxylic acids is 1. The fraction of sp³-hybridized carbons (Fsp3) is 0.750. The van der Waals surface area contributed by atoms with E-state index in [-0.39, 0.29) is 12.5 Å². The Kier molecular flexibility index (Phi) is 5.08. The third-order valence-electron chi connectivity index (χ3n) is 1.39. The second-order valence-corrected chi connectivity index (χ2v) is 3.10. The molecule has 0 saturated heterocycles. The van der Waals surface area contributed by atoms with Gasteiger partial charge < -0.3 is 10.4 Å². The molecule has 2 N–H and O–H groups in total. The highest BCUT2D eigenvalue weighted by atomic mass is 16.4. The van der Waals surface area contributed by atoms with E-state index in [1.54, 1.807) is 0 Å². The first kappa shape index (κ1) is 10.9. The molecule has 0 aromatic rings. The van der Waals surface area contributed by atoms with Gasteiger partial charge in [0.1, 0.15) is 6.54 Å². The van der Waals surface area contributed by atoms with Gasteiger partial charge in [-0.15, -0.1) is 0 Å². The van der Waals surface area contributed by atoms with Crippen molar-refractivity contribution in [3.05, 3.63) is 0 Å². The van der Waals surface area contributed by atoms with Crippen molar-refractivity contribution in [2.24, 2.45) is 5.92 Å². The van der Waals surface area contributed by atoms with Crippen molar-refractivity contribution < 1.29 is 14.7 Å².